The van der Waals surface area contributed by atoms with E-state index in [0.717, 1.165) is 5.56 Å². The lowest BCUT2D eigenvalue weighted by molar-refractivity contribution is 0.102. The number of hydrogen-bond acceptors (Lipinski definition) is 3. The molecule has 0 saturated heterocycles. The number of nitriles is 1. The summed E-state index contributed by atoms with van der Waals surface area (Å²) in [5.74, 6) is -0.605. The van der Waals surface area contributed by atoms with Gasteiger partial charge in [-0.1, -0.05) is 11.6 Å². The molecular formula is C15H11ClN2O2. The largest absolute Gasteiger partial charge is 0.507 e. The Morgan fingerprint density at radius 2 is 2.05 bits per heavy atom. The summed E-state index contributed by atoms with van der Waals surface area (Å²) in [5, 5.41) is 21.5. The van der Waals surface area contributed by atoms with Gasteiger partial charge >= 0.3 is 0 Å². The van der Waals surface area contributed by atoms with Crippen LogP contribution in [0.3, 0.4) is 0 Å². The van der Waals surface area contributed by atoms with Crippen molar-refractivity contribution in [3.05, 3.63) is 58.1 Å². The van der Waals surface area contributed by atoms with Gasteiger partial charge in [-0.25, -0.2) is 0 Å². The number of carbonyl (C=O) groups excluding carboxylic acids is 1. The highest BCUT2D eigenvalue weighted by atomic mass is 35.5. The van der Waals surface area contributed by atoms with Crippen LogP contribution in [-0.4, -0.2) is 11.0 Å². The van der Waals surface area contributed by atoms with E-state index in [9.17, 15) is 9.90 Å². The number of benzene rings is 2. The summed E-state index contributed by atoms with van der Waals surface area (Å²) in [6.07, 6.45) is 0. The summed E-state index contributed by atoms with van der Waals surface area (Å²) in [5.41, 5.74) is 1.96. The normalized spacial score (nSPS) is 9.85. The van der Waals surface area contributed by atoms with Gasteiger partial charge in [0.25, 0.3) is 5.91 Å². The summed E-state index contributed by atoms with van der Waals surface area (Å²) in [6.45, 7) is 1.78. The fourth-order valence-electron chi connectivity index (χ4n) is 1.76. The van der Waals surface area contributed by atoms with Crippen LogP contribution in [0.15, 0.2) is 36.4 Å². The van der Waals surface area contributed by atoms with Crippen molar-refractivity contribution in [1.29, 1.82) is 5.26 Å². The third-order valence-electron chi connectivity index (χ3n) is 2.81. The zero-order valence-electron chi connectivity index (χ0n) is 10.6. The lowest BCUT2D eigenvalue weighted by atomic mass is 10.1. The fourth-order valence-corrected chi connectivity index (χ4v) is 1.93. The van der Waals surface area contributed by atoms with Crippen LogP contribution in [-0.2, 0) is 0 Å². The number of aromatic hydroxyl groups is 1. The Kier molecular flexibility index (Phi) is 3.92. The van der Waals surface area contributed by atoms with Crippen LogP contribution in [0.25, 0.3) is 0 Å². The summed E-state index contributed by atoms with van der Waals surface area (Å²) in [7, 11) is 0. The molecule has 0 fully saturated rings. The summed E-state index contributed by atoms with van der Waals surface area (Å²) in [6, 6.07) is 11.3. The van der Waals surface area contributed by atoms with Crippen molar-refractivity contribution in [2.45, 2.75) is 6.92 Å². The van der Waals surface area contributed by atoms with Crippen molar-refractivity contribution in [2.75, 3.05) is 5.32 Å². The number of rotatable bonds is 2. The molecule has 0 atom stereocenters. The molecule has 0 unspecified atom stereocenters. The molecule has 0 aliphatic heterocycles. The third-order valence-corrected chi connectivity index (χ3v) is 3.04. The number of phenolic OH excluding ortho intramolecular Hbond substituents is 1. The van der Waals surface area contributed by atoms with Gasteiger partial charge in [0.05, 0.1) is 17.2 Å². The molecule has 2 N–H and O–H groups in total. The van der Waals surface area contributed by atoms with Gasteiger partial charge in [0.1, 0.15) is 5.75 Å². The number of carbonyl (C=O) groups is 1. The molecule has 20 heavy (non-hydrogen) atoms. The van der Waals surface area contributed by atoms with E-state index in [1.165, 1.54) is 18.2 Å². The second-order valence-electron chi connectivity index (χ2n) is 4.26. The number of anilines is 1. The average Bonchev–Trinajstić information content (AvgIpc) is 2.41. The van der Waals surface area contributed by atoms with Gasteiger partial charge in [0, 0.05) is 10.7 Å². The summed E-state index contributed by atoms with van der Waals surface area (Å²) >= 11 is 5.80. The minimum absolute atomic E-state index is 0.0968. The van der Waals surface area contributed by atoms with E-state index in [-0.39, 0.29) is 11.3 Å². The van der Waals surface area contributed by atoms with Crippen molar-refractivity contribution < 1.29 is 9.90 Å². The Balaban J connectivity index is 2.26. The average molecular weight is 287 g/mol. The first-order valence-corrected chi connectivity index (χ1v) is 6.19. The first kappa shape index (κ1) is 13.9. The minimum atomic E-state index is -0.464. The highest BCUT2D eigenvalue weighted by Gasteiger charge is 2.12. The van der Waals surface area contributed by atoms with Crippen molar-refractivity contribution in [1.82, 2.24) is 0 Å². The Bertz CT molecular complexity index is 720. The minimum Gasteiger partial charge on any atom is -0.507 e. The smallest absolute Gasteiger partial charge is 0.259 e. The van der Waals surface area contributed by atoms with Gasteiger partial charge in [0.2, 0.25) is 0 Å². The fraction of sp³-hybridized carbons (Fsp3) is 0.0667. The first-order chi connectivity index (χ1) is 9.51. The topological polar surface area (TPSA) is 73.1 Å². The van der Waals surface area contributed by atoms with Gasteiger partial charge in [0.15, 0.2) is 0 Å². The highest BCUT2D eigenvalue weighted by molar-refractivity contribution is 6.31. The van der Waals surface area contributed by atoms with Gasteiger partial charge in [-0.05, 0) is 48.9 Å². The first-order valence-electron chi connectivity index (χ1n) is 5.82. The predicted octanol–water partition coefficient (Wildman–Crippen LogP) is 3.48. The van der Waals surface area contributed by atoms with Crippen LogP contribution < -0.4 is 5.32 Å². The molecule has 0 aromatic heterocycles. The lowest BCUT2D eigenvalue weighted by Crippen LogP contribution is -2.12. The Morgan fingerprint density at radius 1 is 1.30 bits per heavy atom. The molecule has 5 heteroatoms. The molecule has 2 aromatic rings. The van der Waals surface area contributed by atoms with Gasteiger partial charge in [-0.2, -0.15) is 5.26 Å². The maximum Gasteiger partial charge on any atom is 0.259 e. The number of amides is 1. The third kappa shape index (κ3) is 2.90. The van der Waals surface area contributed by atoms with E-state index in [1.54, 1.807) is 25.1 Å². The quantitative estimate of drug-likeness (QED) is 0.887. The summed E-state index contributed by atoms with van der Waals surface area (Å²) in [4.78, 5) is 12.1. The molecule has 2 aromatic carbocycles. The molecule has 1 amide bonds. The van der Waals surface area contributed by atoms with E-state index in [2.05, 4.69) is 11.4 Å². The lowest BCUT2D eigenvalue weighted by Gasteiger charge is -2.08. The molecule has 0 heterocycles. The molecule has 2 rings (SSSR count). The van der Waals surface area contributed by atoms with Crippen LogP contribution in [0.2, 0.25) is 5.02 Å². The van der Waals surface area contributed by atoms with E-state index in [4.69, 9.17) is 16.9 Å². The maximum atomic E-state index is 12.1. The molecule has 0 aliphatic rings. The van der Waals surface area contributed by atoms with Crippen LogP contribution >= 0.6 is 11.6 Å². The van der Waals surface area contributed by atoms with E-state index >= 15 is 0 Å². The summed E-state index contributed by atoms with van der Waals surface area (Å²) < 4.78 is 0. The Morgan fingerprint density at radius 3 is 2.70 bits per heavy atom. The molecule has 0 spiro atoms. The molecule has 0 saturated carbocycles. The zero-order valence-corrected chi connectivity index (χ0v) is 11.4. The zero-order chi connectivity index (χ0) is 14.7. The monoisotopic (exact) mass is 286 g/mol. The molecule has 0 radical (unpaired) electrons. The SMILES string of the molecule is Cc1cc(NC(=O)c2cc(Cl)ccc2O)ccc1C#N. The maximum absolute atomic E-state index is 12.1. The number of halogens is 1. The number of aryl methyl sites for hydroxylation is 1. The van der Waals surface area contributed by atoms with Gasteiger partial charge < -0.3 is 10.4 Å². The van der Waals surface area contributed by atoms with Crippen LogP contribution in [0.4, 0.5) is 5.69 Å². The highest BCUT2D eigenvalue weighted by Crippen LogP contribution is 2.23. The molecule has 0 aliphatic carbocycles. The van der Waals surface area contributed by atoms with Crippen molar-refractivity contribution in [3.63, 3.8) is 0 Å². The second kappa shape index (κ2) is 5.64. The van der Waals surface area contributed by atoms with Crippen molar-refractivity contribution >= 4 is 23.2 Å². The molecule has 0 bridgehead atoms. The number of nitrogens with zero attached hydrogens (tertiary/aromatic N) is 1. The van der Waals surface area contributed by atoms with Crippen molar-refractivity contribution in [2.24, 2.45) is 0 Å². The van der Waals surface area contributed by atoms with Crippen molar-refractivity contribution in [3.8, 4) is 11.8 Å². The van der Waals surface area contributed by atoms with Gasteiger partial charge in [-0.3, -0.25) is 4.79 Å². The molecule has 4 nitrogen and oxygen atoms in total. The van der Waals surface area contributed by atoms with Gasteiger partial charge in [-0.15, -0.1) is 0 Å². The van der Waals surface area contributed by atoms with Crippen LogP contribution in [0.1, 0.15) is 21.5 Å². The number of hydrogen-bond donors (Lipinski definition) is 2. The Hall–Kier alpha value is -2.51. The Labute approximate surface area is 121 Å². The predicted molar refractivity (Wildman–Crippen MR) is 77.0 cm³/mol. The molecular weight excluding hydrogens is 276 g/mol. The second-order valence-corrected chi connectivity index (χ2v) is 4.69. The standard InChI is InChI=1S/C15H11ClN2O2/c1-9-6-12(4-2-10(9)8-17)18-15(20)13-7-11(16)3-5-14(13)19/h2-7,19H,1H3,(H,18,20). The van der Waals surface area contributed by atoms with Crippen LogP contribution in [0.5, 0.6) is 5.75 Å². The van der Waals surface area contributed by atoms with E-state index in [0.29, 0.717) is 16.3 Å². The number of nitrogens with one attached hydrogen (secondary N) is 1. The molecule has 100 valence electrons. The van der Waals surface area contributed by atoms with E-state index in [1.807, 2.05) is 0 Å². The van der Waals surface area contributed by atoms with E-state index < -0.39 is 5.91 Å². The van der Waals surface area contributed by atoms with Crippen LogP contribution in [0, 0.1) is 18.3 Å². The number of phenols is 1.